The molecule has 2 aromatic rings. The summed E-state index contributed by atoms with van der Waals surface area (Å²) in [5.74, 6) is -0.242. The number of likely N-dealkylation sites (N-methyl/N-ethyl adjacent to an activating group) is 1. The molecule has 0 saturated carbocycles. The summed E-state index contributed by atoms with van der Waals surface area (Å²) < 4.78 is 40.5. The number of hydrogen-bond donors (Lipinski definition) is 2. The Morgan fingerprint density at radius 2 is 1.59 bits per heavy atom. The summed E-state index contributed by atoms with van der Waals surface area (Å²) >= 11 is 0. The van der Waals surface area contributed by atoms with Crippen LogP contribution < -0.4 is 15.4 Å². The monoisotopic (exact) mass is 430 g/mol. The zero-order chi connectivity index (χ0) is 20.6. The standard InChI is InChI=1S/C21H25F3N2O2.ClH/c1-3-4-19(25-2)20(27)26-14-13-15-5-7-16(8-6-15)17-9-11-18(12-10-17)28-21(22,23)24;/h5-12,19,25H,3-4,13-14H2,1-2H3,(H,26,27);1H/t19-;/m0./s1. The van der Waals surface area contributed by atoms with Gasteiger partial charge in [0.1, 0.15) is 5.75 Å². The van der Waals surface area contributed by atoms with Crippen LogP contribution >= 0.6 is 12.4 Å². The van der Waals surface area contributed by atoms with Crippen molar-refractivity contribution in [3.63, 3.8) is 0 Å². The fourth-order valence-corrected chi connectivity index (χ4v) is 2.86. The number of alkyl halides is 3. The van der Waals surface area contributed by atoms with Crippen molar-refractivity contribution in [1.82, 2.24) is 10.6 Å². The number of nitrogens with one attached hydrogen (secondary N) is 2. The molecular weight excluding hydrogens is 405 g/mol. The molecule has 2 rings (SSSR count). The Morgan fingerprint density at radius 3 is 2.07 bits per heavy atom. The van der Waals surface area contributed by atoms with E-state index in [0.717, 1.165) is 29.5 Å². The van der Waals surface area contributed by atoms with Crippen LogP contribution in [0.25, 0.3) is 11.1 Å². The number of rotatable bonds is 9. The molecule has 0 bridgehead atoms. The first kappa shape index (κ1) is 24.8. The van der Waals surface area contributed by atoms with Crippen LogP contribution in [-0.2, 0) is 11.2 Å². The number of ether oxygens (including phenoxy) is 1. The molecule has 0 spiro atoms. The minimum Gasteiger partial charge on any atom is -0.406 e. The molecule has 2 N–H and O–H groups in total. The average Bonchev–Trinajstić information content (AvgIpc) is 2.66. The van der Waals surface area contributed by atoms with Gasteiger partial charge in [-0.3, -0.25) is 4.79 Å². The van der Waals surface area contributed by atoms with Gasteiger partial charge in [0, 0.05) is 6.54 Å². The highest BCUT2D eigenvalue weighted by Gasteiger charge is 2.30. The molecule has 0 aliphatic heterocycles. The number of benzene rings is 2. The third kappa shape index (κ3) is 8.33. The van der Waals surface area contributed by atoms with Gasteiger partial charge in [-0.25, -0.2) is 0 Å². The summed E-state index contributed by atoms with van der Waals surface area (Å²) in [6, 6.07) is 13.3. The Bertz CT molecular complexity index is 750. The van der Waals surface area contributed by atoms with Crippen molar-refractivity contribution in [3.8, 4) is 16.9 Å². The van der Waals surface area contributed by atoms with Gasteiger partial charge >= 0.3 is 6.36 Å². The van der Waals surface area contributed by atoms with Crippen molar-refractivity contribution in [2.24, 2.45) is 0 Å². The highest BCUT2D eigenvalue weighted by Crippen LogP contribution is 2.26. The van der Waals surface area contributed by atoms with Crippen LogP contribution in [0, 0.1) is 0 Å². The fourth-order valence-electron chi connectivity index (χ4n) is 2.86. The topological polar surface area (TPSA) is 50.4 Å². The van der Waals surface area contributed by atoms with Gasteiger partial charge in [0.05, 0.1) is 6.04 Å². The van der Waals surface area contributed by atoms with E-state index in [1.165, 1.54) is 12.1 Å². The molecule has 0 fully saturated rings. The van der Waals surface area contributed by atoms with Crippen LogP contribution in [-0.4, -0.2) is 31.9 Å². The van der Waals surface area contributed by atoms with Gasteiger partial charge in [0.2, 0.25) is 5.91 Å². The molecule has 0 aromatic heterocycles. The Balaban J connectivity index is 0.00000420. The third-order valence-corrected chi connectivity index (χ3v) is 4.33. The number of carbonyl (C=O) groups excluding carboxylic acids is 1. The molecule has 0 unspecified atom stereocenters. The highest BCUT2D eigenvalue weighted by atomic mass is 35.5. The molecule has 0 aliphatic rings. The molecular formula is C21H26ClF3N2O2. The largest absolute Gasteiger partial charge is 0.573 e. The Hall–Kier alpha value is -2.25. The summed E-state index contributed by atoms with van der Waals surface area (Å²) in [5, 5.41) is 5.94. The number of hydrogen-bond acceptors (Lipinski definition) is 3. The number of halogens is 4. The van der Waals surface area contributed by atoms with E-state index in [1.807, 2.05) is 31.2 Å². The molecule has 4 nitrogen and oxygen atoms in total. The van der Waals surface area contributed by atoms with Gasteiger partial charge in [-0.15, -0.1) is 25.6 Å². The zero-order valence-corrected chi connectivity index (χ0v) is 17.2. The van der Waals surface area contributed by atoms with Crippen LogP contribution in [0.1, 0.15) is 25.3 Å². The quantitative estimate of drug-likeness (QED) is 0.605. The zero-order valence-electron chi connectivity index (χ0n) is 16.4. The van der Waals surface area contributed by atoms with Crippen molar-refractivity contribution < 1.29 is 22.7 Å². The minimum absolute atomic E-state index is 0. The normalized spacial score (nSPS) is 12.0. The fraction of sp³-hybridized carbons (Fsp3) is 0.381. The maximum absolute atomic E-state index is 12.2. The second-order valence-corrected chi connectivity index (χ2v) is 6.44. The summed E-state index contributed by atoms with van der Waals surface area (Å²) in [6.07, 6.45) is -2.26. The molecule has 0 aliphatic carbocycles. The number of amides is 1. The van der Waals surface area contributed by atoms with Crippen LogP contribution in [0.2, 0.25) is 0 Å². The number of carbonyl (C=O) groups is 1. The minimum atomic E-state index is -4.69. The molecule has 0 radical (unpaired) electrons. The Kier molecular flexibility index (Phi) is 9.98. The van der Waals surface area contributed by atoms with Crippen molar-refractivity contribution in [1.29, 1.82) is 0 Å². The van der Waals surface area contributed by atoms with E-state index in [0.29, 0.717) is 13.0 Å². The smallest absolute Gasteiger partial charge is 0.406 e. The van der Waals surface area contributed by atoms with Crippen molar-refractivity contribution in [2.75, 3.05) is 13.6 Å². The van der Waals surface area contributed by atoms with Crippen LogP contribution in [0.4, 0.5) is 13.2 Å². The maximum atomic E-state index is 12.2. The van der Waals surface area contributed by atoms with Gasteiger partial charge in [0.25, 0.3) is 0 Å². The van der Waals surface area contributed by atoms with Crippen molar-refractivity contribution in [2.45, 2.75) is 38.6 Å². The summed E-state index contributed by atoms with van der Waals surface area (Å²) in [7, 11) is 1.78. The lowest BCUT2D eigenvalue weighted by Gasteiger charge is -2.15. The van der Waals surface area contributed by atoms with E-state index in [-0.39, 0.29) is 30.1 Å². The van der Waals surface area contributed by atoms with Crippen molar-refractivity contribution >= 4 is 18.3 Å². The Morgan fingerprint density at radius 1 is 1.03 bits per heavy atom. The maximum Gasteiger partial charge on any atom is 0.573 e. The second-order valence-electron chi connectivity index (χ2n) is 6.44. The lowest BCUT2D eigenvalue weighted by molar-refractivity contribution is -0.274. The first-order chi connectivity index (χ1) is 13.3. The van der Waals surface area contributed by atoms with Gasteiger partial charge in [-0.1, -0.05) is 49.7 Å². The predicted octanol–water partition coefficient (Wildman–Crippen LogP) is 4.72. The van der Waals surface area contributed by atoms with Crippen LogP contribution in [0.5, 0.6) is 5.75 Å². The highest BCUT2D eigenvalue weighted by molar-refractivity contribution is 5.85. The first-order valence-electron chi connectivity index (χ1n) is 9.22. The molecule has 29 heavy (non-hydrogen) atoms. The lowest BCUT2D eigenvalue weighted by atomic mass is 10.0. The third-order valence-electron chi connectivity index (χ3n) is 4.33. The predicted molar refractivity (Wildman–Crippen MR) is 110 cm³/mol. The summed E-state index contributed by atoms with van der Waals surface area (Å²) in [4.78, 5) is 12.1. The van der Waals surface area contributed by atoms with Crippen LogP contribution in [0.3, 0.4) is 0 Å². The van der Waals surface area contributed by atoms with Gasteiger partial charge in [-0.05, 0) is 48.7 Å². The molecule has 160 valence electrons. The molecule has 0 heterocycles. The summed E-state index contributed by atoms with van der Waals surface area (Å²) in [6.45, 7) is 2.58. The average molecular weight is 431 g/mol. The van der Waals surface area contributed by atoms with E-state index >= 15 is 0 Å². The van der Waals surface area contributed by atoms with E-state index in [2.05, 4.69) is 15.4 Å². The Labute approximate surface area is 175 Å². The summed E-state index contributed by atoms with van der Waals surface area (Å²) in [5.41, 5.74) is 2.76. The van der Waals surface area contributed by atoms with E-state index < -0.39 is 6.36 Å². The van der Waals surface area contributed by atoms with E-state index in [9.17, 15) is 18.0 Å². The molecule has 2 aromatic carbocycles. The van der Waals surface area contributed by atoms with Gasteiger partial charge < -0.3 is 15.4 Å². The molecule has 1 atom stereocenters. The van der Waals surface area contributed by atoms with Gasteiger partial charge in [0.15, 0.2) is 0 Å². The van der Waals surface area contributed by atoms with Crippen molar-refractivity contribution in [3.05, 3.63) is 54.1 Å². The lowest BCUT2D eigenvalue weighted by Crippen LogP contribution is -2.43. The SMILES string of the molecule is CCC[C@H](NC)C(=O)NCCc1ccc(-c2ccc(OC(F)(F)F)cc2)cc1.Cl. The molecule has 8 heteroatoms. The van der Waals surface area contributed by atoms with E-state index in [4.69, 9.17) is 0 Å². The van der Waals surface area contributed by atoms with Gasteiger partial charge in [-0.2, -0.15) is 0 Å². The molecule has 1 amide bonds. The first-order valence-corrected chi connectivity index (χ1v) is 9.22. The molecule has 0 saturated heterocycles. The van der Waals surface area contributed by atoms with E-state index in [1.54, 1.807) is 19.2 Å². The second kappa shape index (κ2) is 11.7. The van der Waals surface area contributed by atoms with Crippen LogP contribution in [0.15, 0.2) is 48.5 Å².